The van der Waals surface area contributed by atoms with E-state index in [0.29, 0.717) is 11.4 Å². The molecule has 0 aliphatic carbocycles. The second-order valence-electron chi connectivity index (χ2n) is 6.18. The van der Waals surface area contributed by atoms with E-state index in [9.17, 15) is 4.79 Å². The predicted molar refractivity (Wildman–Crippen MR) is 112 cm³/mol. The SMILES string of the molecule is COc1cc(CCc2cc(NC(=O)c3ccc(SC)cc3)n[nH]2)cc(OC)c1. The minimum Gasteiger partial charge on any atom is -0.497 e. The molecule has 7 heteroatoms. The van der Waals surface area contributed by atoms with Crippen molar-refractivity contribution < 1.29 is 14.3 Å². The molecule has 0 saturated carbocycles. The van der Waals surface area contributed by atoms with Gasteiger partial charge >= 0.3 is 0 Å². The van der Waals surface area contributed by atoms with Crippen LogP contribution in [0.1, 0.15) is 21.6 Å². The number of rotatable bonds is 8. The number of aryl methyl sites for hydroxylation is 2. The average Bonchev–Trinajstić information content (AvgIpc) is 3.19. The lowest BCUT2D eigenvalue weighted by molar-refractivity contribution is 0.102. The summed E-state index contributed by atoms with van der Waals surface area (Å²) < 4.78 is 10.6. The van der Waals surface area contributed by atoms with Crippen LogP contribution in [0.25, 0.3) is 0 Å². The van der Waals surface area contributed by atoms with Gasteiger partial charge in [-0.05, 0) is 61.1 Å². The maximum Gasteiger partial charge on any atom is 0.256 e. The van der Waals surface area contributed by atoms with E-state index in [1.807, 2.05) is 54.8 Å². The first-order chi connectivity index (χ1) is 13.6. The first kappa shape index (κ1) is 19.8. The molecule has 0 radical (unpaired) electrons. The highest BCUT2D eigenvalue weighted by molar-refractivity contribution is 7.98. The van der Waals surface area contributed by atoms with Gasteiger partial charge in [-0.3, -0.25) is 9.89 Å². The molecule has 0 bridgehead atoms. The number of thioether (sulfide) groups is 1. The van der Waals surface area contributed by atoms with Crippen LogP contribution in [0.4, 0.5) is 5.82 Å². The molecule has 0 aliphatic heterocycles. The zero-order chi connectivity index (χ0) is 19.9. The van der Waals surface area contributed by atoms with Gasteiger partial charge in [-0.2, -0.15) is 5.10 Å². The number of nitrogens with zero attached hydrogens (tertiary/aromatic N) is 1. The van der Waals surface area contributed by atoms with Crippen LogP contribution in [-0.2, 0) is 12.8 Å². The summed E-state index contributed by atoms with van der Waals surface area (Å²) in [4.78, 5) is 13.5. The number of hydrogen-bond donors (Lipinski definition) is 2. The summed E-state index contributed by atoms with van der Waals surface area (Å²) in [7, 11) is 3.27. The molecule has 1 aromatic heterocycles. The molecule has 3 rings (SSSR count). The lowest BCUT2D eigenvalue weighted by Crippen LogP contribution is -2.11. The molecule has 2 N–H and O–H groups in total. The van der Waals surface area contributed by atoms with Crippen molar-refractivity contribution in [2.75, 3.05) is 25.8 Å². The highest BCUT2D eigenvalue weighted by atomic mass is 32.2. The fourth-order valence-electron chi connectivity index (χ4n) is 2.77. The van der Waals surface area contributed by atoms with Gasteiger partial charge < -0.3 is 14.8 Å². The molecule has 0 fully saturated rings. The Hall–Kier alpha value is -2.93. The Labute approximate surface area is 168 Å². The second-order valence-corrected chi connectivity index (χ2v) is 7.06. The lowest BCUT2D eigenvalue weighted by Gasteiger charge is -2.08. The summed E-state index contributed by atoms with van der Waals surface area (Å²) in [6, 6.07) is 15.1. The molecule has 0 unspecified atom stereocenters. The van der Waals surface area contributed by atoms with Gasteiger partial charge in [-0.1, -0.05) is 0 Å². The van der Waals surface area contributed by atoms with Gasteiger partial charge in [0.05, 0.1) is 14.2 Å². The number of anilines is 1. The van der Waals surface area contributed by atoms with E-state index in [-0.39, 0.29) is 5.91 Å². The van der Waals surface area contributed by atoms with E-state index in [1.54, 1.807) is 26.0 Å². The van der Waals surface area contributed by atoms with E-state index in [0.717, 1.165) is 40.5 Å². The van der Waals surface area contributed by atoms with Crippen molar-refractivity contribution in [3.63, 3.8) is 0 Å². The highest BCUT2D eigenvalue weighted by Gasteiger charge is 2.09. The molecule has 3 aromatic rings. The summed E-state index contributed by atoms with van der Waals surface area (Å²) in [6.07, 6.45) is 3.54. The highest BCUT2D eigenvalue weighted by Crippen LogP contribution is 2.23. The van der Waals surface area contributed by atoms with Crippen LogP contribution < -0.4 is 14.8 Å². The third-order valence-corrected chi connectivity index (χ3v) is 5.06. The number of methoxy groups -OCH3 is 2. The first-order valence-electron chi connectivity index (χ1n) is 8.83. The Morgan fingerprint density at radius 3 is 2.32 bits per heavy atom. The fraction of sp³-hybridized carbons (Fsp3) is 0.238. The Morgan fingerprint density at radius 1 is 1.04 bits per heavy atom. The predicted octanol–water partition coefficient (Wildman–Crippen LogP) is 4.19. The number of H-pyrrole nitrogens is 1. The Balaban J connectivity index is 1.60. The topological polar surface area (TPSA) is 76.2 Å². The van der Waals surface area contributed by atoms with Gasteiger partial charge in [-0.25, -0.2) is 0 Å². The molecular weight excluding hydrogens is 374 g/mol. The average molecular weight is 398 g/mol. The van der Waals surface area contributed by atoms with E-state index < -0.39 is 0 Å². The fourth-order valence-corrected chi connectivity index (χ4v) is 3.18. The summed E-state index contributed by atoms with van der Waals surface area (Å²) in [5, 5.41) is 9.99. The van der Waals surface area contributed by atoms with Gasteiger partial charge in [0, 0.05) is 28.3 Å². The normalized spacial score (nSPS) is 10.5. The summed E-state index contributed by atoms with van der Waals surface area (Å²) in [6.45, 7) is 0. The molecular formula is C21H23N3O3S. The van der Waals surface area contributed by atoms with Gasteiger partial charge in [0.1, 0.15) is 11.5 Å². The van der Waals surface area contributed by atoms with Gasteiger partial charge in [0.2, 0.25) is 0 Å². The molecule has 0 spiro atoms. The molecule has 0 saturated heterocycles. The third-order valence-electron chi connectivity index (χ3n) is 4.32. The van der Waals surface area contributed by atoms with E-state index in [4.69, 9.17) is 9.47 Å². The minimum atomic E-state index is -0.178. The molecule has 2 aromatic carbocycles. The smallest absolute Gasteiger partial charge is 0.256 e. The van der Waals surface area contributed by atoms with Crippen LogP contribution >= 0.6 is 11.8 Å². The van der Waals surface area contributed by atoms with Crippen molar-refractivity contribution in [3.8, 4) is 11.5 Å². The van der Waals surface area contributed by atoms with E-state index in [2.05, 4.69) is 15.5 Å². The molecule has 1 heterocycles. The Bertz CT molecular complexity index is 916. The zero-order valence-electron chi connectivity index (χ0n) is 16.1. The van der Waals surface area contributed by atoms with Crippen molar-refractivity contribution in [2.24, 2.45) is 0 Å². The summed E-state index contributed by atoms with van der Waals surface area (Å²) >= 11 is 1.64. The standard InChI is InChI=1S/C21H23N3O3S/c1-26-17-10-14(11-18(13-17)27-2)4-7-16-12-20(24-23-16)22-21(25)15-5-8-19(28-3)9-6-15/h5-6,8-13H,4,7H2,1-3H3,(H2,22,23,24,25). The van der Waals surface area contributed by atoms with Crippen LogP contribution in [-0.4, -0.2) is 36.6 Å². The van der Waals surface area contributed by atoms with Crippen LogP contribution in [0.3, 0.4) is 0 Å². The maximum absolute atomic E-state index is 12.3. The van der Waals surface area contributed by atoms with E-state index >= 15 is 0 Å². The quantitative estimate of drug-likeness (QED) is 0.558. The van der Waals surface area contributed by atoms with Crippen molar-refractivity contribution in [2.45, 2.75) is 17.7 Å². The van der Waals surface area contributed by atoms with Crippen molar-refractivity contribution in [3.05, 3.63) is 65.4 Å². The number of carbonyl (C=O) groups excluding carboxylic acids is 1. The monoisotopic (exact) mass is 397 g/mol. The first-order valence-corrected chi connectivity index (χ1v) is 10.1. The number of hydrogen-bond acceptors (Lipinski definition) is 5. The van der Waals surface area contributed by atoms with Crippen molar-refractivity contribution in [1.29, 1.82) is 0 Å². The van der Waals surface area contributed by atoms with Crippen LogP contribution in [0.5, 0.6) is 11.5 Å². The molecule has 6 nitrogen and oxygen atoms in total. The van der Waals surface area contributed by atoms with Gasteiger partial charge in [-0.15, -0.1) is 11.8 Å². The number of amides is 1. The largest absolute Gasteiger partial charge is 0.497 e. The number of benzene rings is 2. The number of ether oxygens (including phenoxy) is 2. The van der Waals surface area contributed by atoms with Crippen LogP contribution in [0.15, 0.2) is 53.4 Å². The molecule has 146 valence electrons. The third kappa shape index (κ3) is 5.07. The minimum absolute atomic E-state index is 0.178. The Morgan fingerprint density at radius 2 is 1.71 bits per heavy atom. The van der Waals surface area contributed by atoms with Crippen LogP contribution in [0, 0.1) is 0 Å². The van der Waals surface area contributed by atoms with E-state index in [1.165, 1.54) is 0 Å². The number of aromatic amines is 1. The second kappa shape index (κ2) is 9.32. The number of nitrogens with one attached hydrogen (secondary N) is 2. The van der Waals surface area contributed by atoms with Crippen molar-refractivity contribution >= 4 is 23.5 Å². The van der Waals surface area contributed by atoms with Gasteiger partial charge in [0.15, 0.2) is 5.82 Å². The lowest BCUT2D eigenvalue weighted by atomic mass is 10.1. The number of carbonyl (C=O) groups is 1. The molecule has 0 aliphatic rings. The van der Waals surface area contributed by atoms with Gasteiger partial charge in [0.25, 0.3) is 5.91 Å². The molecule has 0 atom stereocenters. The summed E-state index contributed by atoms with van der Waals surface area (Å²) in [5.74, 6) is 1.86. The van der Waals surface area contributed by atoms with Crippen molar-refractivity contribution in [1.82, 2.24) is 10.2 Å². The zero-order valence-corrected chi connectivity index (χ0v) is 16.9. The molecule has 28 heavy (non-hydrogen) atoms. The molecule has 1 amide bonds. The van der Waals surface area contributed by atoms with Crippen LogP contribution in [0.2, 0.25) is 0 Å². The summed E-state index contributed by atoms with van der Waals surface area (Å²) in [5.41, 5.74) is 2.64. The maximum atomic E-state index is 12.3. The number of aromatic nitrogens is 2. The Kier molecular flexibility index (Phi) is 6.60.